The Morgan fingerprint density at radius 1 is 0.692 bits per heavy atom. The largest absolute Gasteiger partial charge is 0.397 e. The number of rotatable bonds is 1. The van der Waals surface area contributed by atoms with E-state index in [2.05, 4.69) is 13.8 Å². The third kappa shape index (κ3) is 24.5. The van der Waals surface area contributed by atoms with Gasteiger partial charge in [0, 0.05) is 0 Å². The van der Waals surface area contributed by atoms with E-state index in [4.69, 9.17) is 0 Å². The molecule has 0 aliphatic heterocycles. The molecule has 0 heterocycles. The van der Waals surface area contributed by atoms with Crippen molar-refractivity contribution in [2.24, 2.45) is 0 Å². The molecule has 0 atom stereocenters. The number of hydrogen-bond acceptors (Lipinski definition) is 0. The molecular formula is C7H12F6. The summed E-state index contributed by atoms with van der Waals surface area (Å²) in [5.41, 5.74) is 0. The van der Waals surface area contributed by atoms with Gasteiger partial charge in [-0.1, -0.05) is 26.7 Å². The average molecular weight is 210 g/mol. The lowest BCUT2D eigenvalue weighted by atomic mass is 10.4. The molecule has 0 saturated heterocycles. The average Bonchev–Trinajstić information content (AvgIpc) is 1.80. The first-order chi connectivity index (χ1) is 5.62. The molecule has 0 aliphatic carbocycles. The highest BCUT2D eigenvalue weighted by atomic mass is 19.4. The third-order valence-corrected chi connectivity index (χ3v) is 0.901. The number of unbranched alkanes of at least 4 members (excludes halogenated alkanes) is 1. The molecule has 0 bridgehead atoms. The van der Waals surface area contributed by atoms with E-state index in [1.807, 2.05) is 0 Å². The first-order valence-corrected chi connectivity index (χ1v) is 3.76. The van der Waals surface area contributed by atoms with Crippen molar-refractivity contribution in [1.82, 2.24) is 0 Å². The summed E-state index contributed by atoms with van der Waals surface area (Å²) in [5.74, 6) is 0. The molecule has 13 heavy (non-hydrogen) atoms. The highest BCUT2D eigenvalue weighted by molar-refractivity contribution is 4.57. The monoisotopic (exact) mass is 210 g/mol. The topological polar surface area (TPSA) is 0 Å². The molecule has 0 aliphatic rings. The Labute approximate surface area is 72.9 Å². The van der Waals surface area contributed by atoms with Crippen molar-refractivity contribution in [2.75, 3.05) is 0 Å². The van der Waals surface area contributed by atoms with Crippen LogP contribution in [0.2, 0.25) is 0 Å². The van der Waals surface area contributed by atoms with E-state index in [0.717, 1.165) is 0 Å². The molecule has 0 fully saturated rings. The lowest BCUT2D eigenvalue weighted by Crippen LogP contribution is -2.20. The van der Waals surface area contributed by atoms with Gasteiger partial charge in [0.25, 0.3) is 0 Å². The summed E-state index contributed by atoms with van der Waals surface area (Å²) in [5, 5.41) is 0. The highest BCUT2D eigenvalue weighted by Gasteiger charge is 2.43. The molecule has 0 rings (SSSR count). The van der Waals surface area contributed by atoms with Crippen LogP contribution in [0.5, 0.6) is 0 Å². The molecular weight excluding hydrogens is 198 g/mol. The zero-order valence-electron chi connectivity index (χ0n) is 7.39. The predicted octanol–water partition coefficient (Wildman–Crippen LogP) is 4.31. The molecule has 0 aromatic rings. The fourth-order valence-electron chi connectivity index (χ4n) is 0.227. The van der Waals surface area contributed by atoms with Gasteiger partial charge in [0.15, 0.2) is 0 Å². The second kappa shape index (κ2) is 6.10. The zero-order valence-corrected chi connectivity index (χ0v) is 7.39. The van der Waals surface area contributed by atoms with E-state index in [1.165, 1.54) is 12.8 Å². The maximum absolute atomic E-state index is 10.8. The van der Waals surface area contributed by atoms with E-state index in [9.17, 15) is 26.3 Å². The molecule has 0 radical (unpaired) electrons. The van der Waals surface area contributed by atoms with Crippen LogP contribution in [0.1, 0.15) is 33.1 Å². The second-order valence-electron chi connectivity index (χ2n) is 2.41. The Morgan fingerprint density at radius 2 is 0.923 bits per heavy atom. The van der Waals surface area contributed by atoms with Crippen molar-refractivity contribution >= 4 is 0 Å². The summed E-state index contributed by atoms with van der Waals surface area (Å²) in [6.45, 7) is 4.36. The van der Waals surface area contributed by atoms with Crippen molar-refractivity contribution in [3.05, 3.63) is 0 Å². The van der Waals surface area contributed by atoms with Crippen LogP contribution >= 0.6 is 0 Å². The van der Waals surface area contributed by atoms with Crippen molar-refractivity contribution < 1.29 is 26.3 Å². The Bertz CT molecular complexity index is 97.1. The van der Waals surface area contributed by atoms with E-state index >= 15 is 0 Å². The fraction of sp³-hybridized carbons (Fsp3) is 1.00. The molecule has 0 unspecified atom stereocenters. The van der Waals surface area contributed by atoms with Crippen molar-refractivity contribution in [2.45, 2.75) is 45.5 Å². The predicted molar refractivity (Wildman–Crippen MR) is 37.3 cm³/mol. The van der Waals surface area contributed by atoms with Gasteiger partial charge in [-0.15, -0.1) is 0 Å². The minimum absolute atomic E-state index is 1.32. The highest BCUT2D eigenvalue weighted by Crippen LogP contribution is 2.31. The Hall–Kier alpha value is -0.420. The van der Waals surface area contributed by atoms with Gasteiger partial charge in [-0.05, 0) is 0 Å². The van der Waals surface area contributed by atoms with Gasteiger partial charge in [-0.2, -0.15) is 26.3 Å². The molecule has 82 valence electrons. The molecule has 0 spiro atoms. The summed E-state index contributed by atoms with van der Waals surface area (Å²) in [6.07, 6.45) is -10.4. The van der Waals surface area contributed by atoms with Crippen molar-refractivity contribution in [1.29, 1.82) is 0 Å². The van der Waals surface area contributed by atoms with E-state index in [0.29, 0.717) is 0 Å². The van der Waals surface area contributed by atoms with E-state index in [-0.39, 0.29) is 0 Å². The van der Waals surface area contributed by atoms with Gasteiger partial charge in [0.1, 0.15) is 6.42 Å². The molecule has 6 heteroatoms. The first kappa shape index (κ1) is 15.1. The molecule has 0 N–H and O–H groups in total. The van der Waals surface area contributed by atoms with Gasteiger partial charge in [-0.25, -0.2) is 0 Å². The number of hydrogen-bond donors (Lipinski definition) is 0. The molecule has 0 aromatic heterocycles. The van der Waals surface area contributed by atoms with Crippen LogP contribution in [0.25, 0.3) is 0 Å². The molecule has 0 aromatic carbocycles. The molecule has 0 nitrogen and oxygen atoms in total. The Balaban J connectivity index is 0. The second-order valence-corrected chi connectivity index (χ2v) is 2.41. The van der Waals surface area contributed by atoms with Crippen molar-refractivity contribution in [3.8, 4) is 0 Å². The smallest absolute Gasteiger partial charge is 0.171 e. The van der Waals surface area contributed by atoms with Crippen molar-refractivity contribution in [3.63, 3.8) is 0 Å². The summed E-state index contributed by atoms with van der Waals surface area (Å²) >= 11 is 0. The van der Waals surface area contributed by atoms with Gasteiger partial charge in [-0.3, -0.25) is 0 Å². The van der Waals surface area contributed by atoms with Gasteiger partial charge in [0.2, 0.25) is 0 Å². The molecule has 0 amide bonds. The van der Waals surface area contributed by atoms with E-state index < -0.39 is 18.8 Å². The van der Waals surface area contributed by atoms with Crippen LogP contribution in [0.3, 0.4) is 0 Å². The number of halogens is 6. The zero-order chi connectivity index (χ0) is 11.1. The Morgan fingerprint density at radius 3 is 0.923 bits per heavy atom. The standard InChI is InChI=1S/C4H10.C3H2F6/c1-3-4-2;4-2(5,6)1-3(7,8)9/h3-4H2,1-2H3;1H2. The SMILES string of the molecule is CCCC.FC(F)(F)CC(F)(F)F. The lowest BCUT2D eigenvalue weighted by Gasteiger charge is -2.08. The van der Waals surface area contributed by atoms with Crippen LogP contribution in [0.15, 0.2) is 0 Å². The summed E-state index contributed by atoms with van der Waals surface area (Å²) < 4.78 is 65.0. The summed E-state index contributed by atoms with van der Waals surface area (Å²) in [7, 11) is 0. The van der Waals surface area contributed by atoms with E-state index in [1.54, 1.807) is 0 Å². The maximum Gasteiger partial charge on any atom is 0.397 e. The first-order valence-electron chi connectivity index (χ1n) is 3.76. The molecule has 0 saturated carbocycles. The third-order valence-electron chi connectivity index (χ3n) is 0.901. The van der Waals surface area contributed by atoms with Crippen LogP contribution in [0, 0.1) is 0 Å². The van der Waals surface area contributed by atoms with Crippen LogP contribution < -0.4 is 0 Å². The minimum atomic E-state index is -5.14. The minimum Gasteiger partial charge on any atom is -0.171 e. The quantitative estimate of drug-likeness (QED) is 0.566. The van der Waals surface area contributed by atoms with Gasteiger partial charge in [0.05, 0.1) is 0 Å². The maximum atomic E-state index is 10.8. The fourth-order valence-corrected chi connectivity index (χ4v) is 0.227. The van der Waals surface area contributed by atoms with Crippen LogP contribution in [-0.4, -0.2) is 12.4 Å². The lowest BCUT2D eigenvalue weighted by molar-refractivity contribution is -0.232. The van der Waals surface area contributed by atoms with Gasteiger partial charge >= 0.3 is 12.4 Å². The van der Waals surface area contributed by atoms with Gasteiger partial charge < -0.3 is 0 Å². The summed E-state index contributed by atoms with van der Waals surface area (Å²) in [4.78, 5) is 0. The summed E-state index contributed by atoms with van der Waals surface area (Å²) in [6, 6.07) is 0. The Kier molecular flexibility index (Phi) is 7.07. The normalized spacial score (nSPS) is 12.0. The van der Waals surface area contributed by atoms with Crippen LogP contribution in [-0.2, 0) is 0 Å². The number of alkyl halides is 6. The van der Waals surface area contributed by atoms with Crippen LogP contribution in [0.4, 0.5) is 26.3 Å².